The van der Waals surface area contributed by atoms with Crippen molar-refractivity contribution in [2.75, 3.05) is 11.5 Å². The summed E-state index contributed by atoms with van der Waals surface area (Å²) in [6.45, 7) is 4.25. The smallest absolute Gasteiger partial charge is 0.147 e. The molecule has 3 heteroatoms. The van der Waals surface area contributed by atoms with Gasteiger partial charge in [-0.3, -0.25) is 0 Å². The summed E-state index contributed by atoms with van der Waals surface area (Å²) < 4.78 is 13.0. The fourth-order valence-electron chi connectivity index (χ4n) is 0.900. The molecule has 72 valence electrons. The first-order valence-electron chi connectivity index (χ1n) is 4.28. The highest BCUT2D eigenvalue weighted by atomic mass is 32.2. The summed E-state index contributed by atoms with van der Waals surface area (Å²) in [6.07, 6.45) is 0. The van der Waals surface area contributed by atoms with Crippen LogP contribution in [-0.2, 0) is 0 Å². The van der Waals surface area contributed by atoms with Crippen molar-refractivity contribution in [1.29, 1.82) is 0 Å². The second-order valence-electron chi connectivity index (χ2n) is 3.36. The normalized spacial score (nSPS) is 10.8. The molecule has 1 nitrogen and oxygen atoms in total. The largest absolute Gasteiger partial charge is 0.395 e. The van der Waals surface area contributed by atoms with Crippen LogP contribution >= 0.6 is 11.8 Å². The highest BCUT2D eigenvalue weighted by Crippen LogP contribution is 2.28. The zero-order valence-corrected chi connectivity index (χ0v) is 8.70. The molecule has 1 aromatic carbocycles. The minimum Gasteiger partial charge on any atom is -0.395 e. The molecule has 0 aromatic heterocycles. The third-order valence-corrected chi connectivity index (χ3v) is 3.09. The monoisotopic (exact) mass is 199 g/mol. The maximum Gasteiger partial charge on any atom is 0.147 e. The fraction of sp³-hybridized carbons (Fsp3) is 0.400. The molecule has 0 radical (unpaired) electrons. The summed E-state index contributed by atoms with van der Waals surface area (Å²) in [5.74, 6) is 1.23. The van der Waals surface area contributed by atoms with E-state index < -0.39 is 0 Å². The van der Waals surface area contributed by atoms with E-state index in [4.69, 9.17) is 5.73 Å². The van der Waals surface area contributed by atoms with Crippen molar-refractivity contribution in [3.05, 3.63) is 24.0 Å². The summed E-state index contributed by atoms with van der Waals surface area (Å²) in [5, 5.41) is 0. The number of hydrogen-bond acceptors (Lipinski definition) is 2. The van der Waals surface area contributed by atoms with E-state index in [0.29, 0.717) is 5.92 Å². The Bertz CT molecular complexity index is 286. The van der Waals surface area contributed by atoms with Crippen molar-refractivity contribution >= 4 is 17.4 Å². The first kappa shape index (κ1) is 10.4. The molecule has 1 aromatic rings. The molecule has 0 saturated heterocycles. The van der Waals surface area contributed by atoms with Crippen LogP contribution in [0.15, 0.2) is 23.1 Å². The first-order valence-corrected chi connectivity index (χ1v) is 5.26. The molecule has 0 amide bonds. The quantitative estimate of drug-likeness (QED) is 0.597. The predicted octanol–water partition coefficient (Wildman–Crippen LogP) is 3.16. The summed E-state index contributed by atoms with van der Waals surface area (Å²) in [6, 6.07) is 4.93. The zero-order valence-electron chi connectivity index (χ0n) is 7.88. The highest BCUT2D eigenvalue weighted by molar-refractivity contribution is 7.99. The third-order valence-electron chi connectivity index (χ3n) is 1.59. The third kappa shape index (κ3) is 2.92. The number of thioether (sulfide) groups is 1. The van der Waals surface area contributed by atoms with E-state index in [-0.39, 0.29) is 11.5 Å². The van der Waals surface area contributed by atoms with Gasteiger partial charge < -0.3 is 5.73 Å². The molecule has 0 unspecified atom stereocenters. The Labute approximate surface area is 82.5 Å². The van der Waals surface area contributed by atoms with Gasteiger partial charge in [0.2, 0.25) is 0 Å². The maximum absolute atomic E-state index is 13.0. The average Bonchev–Trinajstić information content (AvgIpc) is 2.07. The molecule has 2 N–H and O–H groups in total. The number of para-hydroxylation sites is 1. The maximum atomic E-state index is 13.0. The Hall–Kier alpha value is -0.700. The van der Waals surface area contributed by atoms with Gasteiger partial charge in [-0.15, -0.1) is 11.8 Å². The minimum absolute atomic E-state index is 0.271. The molecule has 0 saturated carbocycles. The summed E-state index contributed by atoms with van der Waals surface area (Å²) in [4.78, 5) is 0.841. The van der Waals surface area contributed by atoms with Crippen LogP contribution in [0.5, 0.6) is 0 Å². The lowest BCUT2D eigenvalue weighted by atomic mass is 10.3. The Morgan fingerprint density at radius 1 is 1.46 bits per heavy atom. The molecule has 0 bridgehead atoms. The van der Waals surface area contributed by atoms with E-state index in [1.165, 1.54) is 6.07 Å². The van der Waals surface area contributed by atoms with Gasteiger partial charge in [-0.1, -0.05) is 19.9 Å². The molecule has 0 aliphatic carbocycles. The summed E-state index contributed by atoms with van der Waals surface area (Å²) >= 11 is 1.60. The second-order valence-corrected chi connectivity index (χ2v) is 4.42. The lowest BCUT2D eigenvalue weighted by molar-refractivity contribution is 0.629. The minimum atomic E-state index is -0.325. The van der Waals surface area contributed by atoms with E-state index in [9.17, 15) is 4.39 Å². The van der Waals surface area contributed by atoms with Crippen LogP contribution in [0.3, 0.4) is 0 Å². The van der Waals surface area contributed by atoms with Crippen LogP contribution < -0.4 is 5.73 Å². The fourth-order valence-corrected chi connectivity index (χ4v) is 1.84. The highest BCUT2D eigenvalue weighted by Gasteiger charge is 2.05. The number of halogens is 1. The van der Waals surface area contributed by atoms with Crippen molar-refractivity contribution in [2.45, 2.75) is 18.7 Å². The molecule has 0 spiro atoms. The van der Waals surface area contributed by atoms with Gasteiger partial charge in [0.05, 0.1) is 5.69 Å². The number of hydrogen-bond donors (Lipinski definition) is 1. The number of nitrogen functional groups attached to an aromatic ring is 1. The van der Waals surface area contributed by atoms with Crippen LogP contribution in [0.25, 0.3) is 0 Å². The van der Waals surface area contributed by atoms with Gasteiger partial charge in [0, 0.05) is 10.6 Å². The van der Waals surface area contributed by atoms with E-state index in [2.05, 4.69) is 13.8 Å². The molecule has 0 aliphatic heterocycles. The summed E-state index contributed by atoms with van der Waals surface area (Å²) in [5.41, 5.74) is 5.84. The summed E-state index contributed by atoms with van der Waals surface area (Å²) in [7, 11) is 0. The van der Waals surface area contributed by atoms with Crippen LogP contribution in [0, 0.1) is 11.7 Å². The van der Waals surface area contributed by atoms with Gasteiger partial charge in [-0.25, -0.2) is 4.39 Å². The van der Waals surface area contributed by atoms with Gasteiger partial charge in [-0.2, -0.15) is 0 Å². The van der Waals surface area contributed by atoms with Crippen molar-refractivity contribution < 1.29 is 4.39 Å². The molecular weight excluding hydrogens is 185 g/mol. The first-order chi connectivity index (χ1) is 6.11. The Morgan fingerprint density at radius 3 is 2.77 bits per heavy atom. The van der Waals surface area contributed by atoms with Crippen LogP contribution in [0.1, 0.15) is 13.8 Å². The second kappa shape index (κ2) is 4.51. The van der Waals surface area contributed by atoms with Crippen molar-refractivity contribution in [3.63, 3.8) is 0 Å². The zero-order chi connectivity index (χ0) is 9.84. The molecule has 13 heavy (non-hydrogen) atoms. The Morgan fingerprint density at radius 2 is 2.15 bits per heavy atom. The van der Waals surface area contributed by atoms with Gasteiger partial charge in [-0.05, 0) is 18.1 Å². The van der Waals surface area contributed by atoms with Crippen LogP contribution in [0.4, 0.5) is 10.1 Å². The Kier molecular flexibility index (Phi) is 3.60. The van der Waals surface area contributed by atoms with Crippen LogP contribution in [-0.4, -0.2) is 5.75 Å². The van der Waals surface area contributed by atoms with Crippen molar-refractivity contribution in [2.24, 2.45) is 5.92 Å². The van der Waals surface area contributed by atoms with E-state index >= 15 is 0 Å². The van der Waals surface area contributed by atoms with E-state index in [0.717, 1.165) is 10.6 Å². The van der Waals surface area contributed by atoms with E-state index in [1.54, 1.807) is 17.8 Å². The predicted molar refractivity (Wildman–Crippen MR) is 56.4 cm³/mol. The van der Waals surface area contributed by atoms with E-state index in [1.807, 2.05) is 6.07 Å². The van der Waals surface area contributed by atoms with Gasteiger partial charge in [0.1, 0.15) is 5.82 Å². The molecular formula is C10H14FNS. The molecule has 1 rings (SSSR count). The topological polar surface area (TPSA) is 26.0 Å². The molecule has 0 atom stereocenters. The number of nitrogens with two attached hydrogens (primary N) is 1. The van der Waals surface area contributed by atoms with Crippen LogP contribution in [0.2, 0.25) is 0 Å². The standard InChI is InChI=1S/C10H14FNS/c1-7(2)6-13-9-5-3-4-8(11)10(9)12/h3-5,7H,6,12H2,1-2H3. The van der Waals surface area contributed by atoms with Gasteiger partial charge >= 0.3 is 0 Å². The number of anilines is 1. The Balaban J connectivity index is 2.71. The number of benzene rings is 1. The van der Waals surface area contributed by atoms with Crippen molar-refractivity contribution in [3.8, 4) is 0 Å². The van der Waals surface area contributed by atoms with Gasteiger partial charge in [0.15, 0.2) is 0 Å². The lowest BCUT2D eigenvalue weighted by Gasteiger charge is -2.07. The van der Waals surface area contributed by atoms with Gasteiger partial charge in [0.25, 0.3) is 0 Å². The molecule has 0 fully saturated rings. The lowest BCUT2D eigenvalue weighted by Crippen LogP contribution is -1.95. The number of rotatable bonds is 3. The van der Waals surface area contributed by atoms with Crippen molar-refractivity contribution in [1.82, 2.24) is 0 Å². The average molecular weight is 199 g/mol. The molecule has 0 aliphatic rings. The molecule has 0 heterocycles. The SMILES string of the molecule is CC(C)CSc1cccc(F)c1N.